The van der Waals surface area contributed by atoms with Gasteiger partial charge in [-0.15, -0.1) is 0 Å². The molecule has 0 spiro atoms. The van der Waals surface area contributed by atoms with Crippen LogP contribution in [0.1, 0.15) is 89.5 Å². The van der Waals surface area contributed by atoms with Crippen LogP contribution in [0.4, 0.5) is 5.69 Å². The van der Waals surface area contributed by atoms with Gasteiger partial charge in [-0.05, 0) is 48.4 Å². The average molecular weight is 592 g/mol. The molecule has 0 fully saturated rings. The number of anilines is 1. The predicted octanol–water partition coefficient (Wildman–Crippen LogP) is 6.16. The van der Waals surface area contributed by atoms with E-state index in [0.29, 0.717) is 11.6 Å². The molecule has 1 heterocycles. The van der Waals surface area contributed by atoms with Gasteiger partial charge in [0.25, 0.3) is 5.01 Å². The number of carbonyl (C=O) groups excluding carboxylic acids is 1. The monoisotopic (exact) mass is 590 g/mol. The largest absolute Gasteiger partial charge is 1.00 e. The highest BCUT2D eigenvalue weighted by atomic mass is 35.5. The molecule has 214 valence electrons. The zero-order valence-electron chi connectivity index (χ0n) is 23.5. The first-order valence-corrected chi connectivity index (χ1v) is 15.6. The summed E-state index contributed by atoms with van der Waals surface area (Å²) in [7, 11) is 2.03. The van der Waals surface area contributed by atoms with Crippen molar-refractivity contribution in [1.29, 1.82) is 0 Å². The Morgan fingerprint density at radius 3 is 2.08 bits per heavy atom. The molecule has 2 aromatic carbocycles. The van der Waals surface area contributed by atoms with Gasteiger partial charge in [0.15, 0.2) is 6.20 Å². The van der Waals surface area contributed by atoms with E-state index in [1.54, 1.807) is 11.3 Å². The van der Waals surface area contributed by atoms with Crippen molar-refractivity contribution in [1.82, 2.24) is 0 Å². The number of unbranched alkanes of at least 4 members (excludes halogenated alkanes) is 11. The number of hydrogen-bond acceptors (Lipinski definition) is 3. The van der Waals surface area contributed by atoms with Crippen LogP contribution in [0.25, 0.3) is 10.6 Å². The lowest BCUT2D eigenvalue weighted by molar-refractivity contribution is -0.655. The van der Waals surface area contributed by atoms with Crippen molar-refractivity contribution in [3.8, 4) is 16.3 Å². The molecule has 39 heavy (non-hydrogen) atoms. The van der Waals surface area contributed by atoms with Crippen LogP contribution >= 0.6 is 22.9 Å². The zero-order chi connectivity index (χ0) is 27.0. The Bertz CT molecular complexity index is 1100. The minimum Gasteiger partial charge on any atom is -1.00 e. The molecule has 0 saturated heterocycles. The van der Waals surface area contributed by atoms with Crippen molar-refractivity contribution in [2.24, 2.45) is 7.05 Å². The van der Waals surface area contributed by atoms with Crippen molar-refractivity contribution in [2.45, 2.75) is 90.4 Å². The minimum absolute atomic E-state index is 0. The number of thiazole rings is 1. The van der Waals surface area contributed by atoms with E-state index in [1.165, 1.54) is 75.6 Å². The van der Waals surface area contributed by atoms with E-state index in [-0.39, 0.29) is 24.7 Å². The number of hydrogen-bond donors (Lipinski definition) is 1. The molecule has 0 aliphatic rings. The van der Waals surface area contributed by atoms with Gasteiger partial charge in [-0.25, -0.2) is 0 Å². The van der Waals surface area contributed by atoms with Crippen molar-refractivity contribution in [3.05, 3.63) is 64.6 Å². The van der Waals surface area contributed by atoms with E-state index in [2.05, 4.69) is 22.2 Å². The summed E-state index contributed by atoms with van der Waals surface area (Å²) in [4.78, 5) is 12.6. The highest BCUT2D eigenvalue weighted by molar-refractivity contribution is 7.12. The molecule has 0 bridgehead atoms. The van der Waals surface area contributed by atoms with E-state index in [4.69, 9.17) is 16.3 Å². The van der Waals surface area contributed by atoms with Crippen molar-refractivity contribution in [3.63, 3.8) is 0 Å². The number of nitrogens with zero attached hydrogens (tertiary/aromatic N) is 1. The maximum absolute atomic E-state index is 12.6. The maximum Gasteiger partial charge on any atom is 0.268 e. The van der Waals surface area contributed by atoms with E-state index in [0.717, 1.165) is 29.0 Å². The second-order valence-electron chi connectivity index (χ2n) is 10.1. The minimum atomic E-state index is -0.0912. The lowest BCUT2D eigenvalue weighted by atomic mass is 10.1. The normalized spacial score (nSPS) is 10.7. The Labute approximate surface area is 250 Å². The molecular weight excluding hydrogens is 547 g/mol. The summed E-state index contributed by atoms with van der Waals surface area (Å²) < 4.78 is 7.99. The number of halogens is 2. The van der Waals surface area contributed by atoms with Gasteiger partial charge in [-0.3, -0.25) is 4.79 Å². The van der Waals surface area contributed by atoms with Crippen LogP contribution in [-0.4, -0.2) is 12.5 Å². The van der Waals surface area contributed by atoms with Crippen LogP contribution < -0.4 is 27.0 Å². The third kappa shape index (κ3) is 12.3. The number of ether oxygens (including phenoxy) is 1. The highest BCUT2D eigenvalue weighted by Gasteiger charge is 2.12. The van der Waals surface area contributed by atoms with E-state index >= 15 is 0 Å². The first-order valence-electron chi connectivity index (χ1n) is 14.3. The molecule has 0 aliphatic carbocycles. The second kappa shape index (κ2) is 19.1. The molecule has 0 aliphatic heterocycles. The number of rotatable bonds is 18. The SMILES string of the molecule is CCCCCCCCCCCCCCOc1ccc(CC(=O)Nc2ccc(-c3scc[n+]3C)cc2)c(Cl)c1.[Cl-]. The van der Waals surface area contributed by atoms with E-state index in [1.807, 2.05) is 55.7 Å². The summed E-state index contributed by atoms with van der Waals surface area (Å²) >= 11 is 8.16. The van der Waals surface area contributed by atoms with Gasteiger partial charge < -0.3 is 22.5 Å². The summed E-state index contributed by atoms with van der Waals surface area (Å²) in [6, 6.07) is 13.5. The molecule has 3 rings (SSSR count). The number of amides is 1. The van der Waals surface area contributed by atoms with E-state index in [9.17, 15) is 4.79 Å². The van der Waals surface area contributed by atoms with Gasteiger partial charge in [-0.2, -0.15) is 4.57 Å². The van der Waals surface area contributed by atoms with Crippen molar-refractivity contribution in [2.75, 3.05) is 11.9 Å². The van der Waals surface area contributed by atoms with Crippen LogP contribution in [0.3, 0.4) is 0 Å². The topological polar surface area (TPSA) is 42.2 Å². The number of nitrogens with one attached hydrogen (secondary N) is 1. The zero-order valence-corrected chi connectivity index (χ0v) is 25.9. The molecule has 0 atom stereocenters. The van der Waals surface area contributed by atoms with Crippen LogP contribution in [0.2, 0.25) is 5.02 Å². The lowest BCUT2D eigenvalue weighted by Gasteiger charge is -2.10. The summed E-state index contributed by atoms with van der Waals surface area (Å²) in [5, 5.41) is 6.77. The molecule has 0 radical (unpaired) electrons. The Morgan fingerprint density at radius 1 is 0.897 bits per heavy atom. The summed E-state index contributed by atoms with van der Waals surface area (Å²) in [6.45, 7) is 2.97. The Balaban J connectivity index is 0.00000533. The predicted molar refractivity (Wildman–Crippen MR) is 161 cm³/mol. The maximum atomic E-state index is 12.6. The summed E-state index contributed by atoms with van der Waals surface area (Å²) in [5.74, 6) is 0.672. The molecule has 0 unspecified atom stereocenters. The van der Waals surface area contributed by atoms with E-state index < -0.39 is 0 Å². The van der Waals surface area contributed by atoms with Gasteiger partial charge in [0.2, 0.25) is 5.91 Å². The number of carbonyl (C=O) groups is 1. The molecule has 0 saturated carbocycles. The molecule has 1 N–H and O–H groups in total. The molecule has 3 aromatic rings. The quantitative estimate of drug-likeness (QED) is 0.142. The molecule has 7 heteroatoms. The summed E-state index contributed by atoms with van der Waals surface area (Å²) in [6.07, 6.45) is 18.2. The van der Waals surface area contributed by atoms with Gasteiger partial charge in [0, 0.05) is 10.7 Å². The highest BCUT2D eigenvalue weighted by Crippen LogP contribution is 2.25. The molecule has 1 amide bonds. The smallest absolute Gasteiger partial charge is 0.268 e. The number of aromatic nitrogens is 1. The van der Waals surface area contributed by atoms with Gasteiger partial charge >= 0.3 is 0 Å². The third-order valence-electron chi connectivity index (χ3n) is 6.84. The summed E-state index contributed by atoms with van der Waals surface area (Å²) in [5.41, 5.74) is 2.70. The molecule has 1 aromatic heterocycles. The first-order chi connectivity index (χ1) is 18.6. The first kappa shape index (κ1) is 33.1. The number of aryl methyl sites for hydroxylation is 1. The van der Waals surface area contributed by atoms with Gasteiger partial charge in [0.05, 0.1) is 24.0 Å². The van der Waals surface area contributed by atoms with Crippen LogP contribution in [0.15, 0.2) is 54.0 Å². The Hall–Kier alpha value is -2.08. The fraction of sp³-hybridized carbons (Fsp3) is 0.500. The molecule has 4 nitrogen and oxygen atoms in total. The van der Waals surface area contributed by atoms with Crippen molar-refractivity contribution >= 4 is 34.5 Å². The lowest BCUT2D eigenvalue weighted by Crippen LogP contribution is -3.00. The van der Waals surface area contributed by atoms with Crippen LogP contribution in [-0.2, 0) is 18.3 Å². The van der Waals surface area contributed by atoms with Gasteiger partial charge in [0.1, 0.15) is 12.8 Å². The standard InChI is InChI=1S/C32H43ClN2O2S.ClH/c1-3-4-5-6-7-8-9-10-11-12-13-14-22-37-29-20-17-27(30(33)25-29)24-31(36)34-28-18-15-26(16-19-28)32-35(2)21-23-38-32;/h15-21,23,25H,3-14,22,24H2,1-2H3;1H. The average Bonchev–Trinajstić information content (AvgIpc) is 3.34. The third-order valence-corrected chi connectivity index (χ3v) is 8.20. The van der Waals surface area contributed by atoms with Crippen LogP contribution in [0, 0.1) is 0 Å². The fourth-order valence-corrected chi connectivity index (χ4v) is 5.69. The Morgan fingerprint density at radius 2 is 1.51 bits per heavy atom. The second-order valence-corrected chi connectivity index (χ2v) is 11.4. The van der Waals surface area contributed by atoms with Gasteiger partial charge in [-0.1, -0.05) is 107 Å². The fourth-order valence-electron chi connectivity index (χ4n) is 4.58. The number of benzene rings is 2. The molecular formula is C32H44Cl2N2O2S. The van der Waals surface area contributed by atoms with Crippen LogP contribution in [0.5, 0.6) is 5.75 Å². The van der Waals surface area contributed by atoms with Crippen molar-refractivity contribution < 1.29 is 26.5 Å². The Kier molecular flexibility index (Phi) is 16.2.